The molecule has 2 N–H and O–H groups in total. The molecule has 0 aliphatic carbocycles. The highest BCUT2D eigenvalue weighted by Gasteiger charge is 2.13. The standard InChI is InChI=1S/C22H18ClNO3/c23-18-10-11-19(22(26)27)20(14-18)24-21(25)12-9-15-5-4-8-17(13-15)16-6-2-1-3-7-16/h1-8,10-11,13-14H,9,12H2,(H,24,25)(H,26,27). The van der Waals surface area contributed by atoms with E-state index >= 15 is 0 Å². The number of amides is 1. The third-order valence-electron chi connectivity index (χ3n) is 4.16. The lowest BCUT2D eigenvalue weighted by Crippen LogP contribution is -2.15. The molecule has 0 atom stereocenters. The average Bonchev–Trinajstić information content (AvgIpc) is 2.67. The van der Waals surface area contributed by atoms with Crippen LogP contribution in [-0.4, -0.2) is 17.0 Å². The van der Waals surface area contributed by atoms with Gasteiger partial charge in [0.15, 0.2) is 0 Å². The van der Waals surface area contributed by atoms with Crippen molar-refractivity contribution in [2.24, 2.45) is 0 Å². The second-order valence-corrected chi connectivity index (χ2v) is 6.55. The molecule has 0 bridgehead atoms. The number of carbonyl (C=O) groups is 2. The lowest BCUT2D eigenvalue weighted by molar-refractivity contribution is -0.116. The zero-order valence-electron chi connectivity index (χ0n) is 14.5. The van der Waals surface area contributed by atoms with Gasteiger partial charge in [-0.15, -0.1) is 0 Å². The average molecular weight is 380 g/mol. The lowest BCUT2D eigenvalue weighted by atomic mass is 10.0. The number of benzene rings is 3. The van der Waals surface area contributed by atoms with Crippen LogP contribution < -0.4 is 5.32 Å². The molecule has 0 saturated heterocycles. The highest BCUT2D eigenvalue weighted by atomic mass is 35.5. The van der Waals surface area contributed by atoms with Crippen LogP contribution in [0.1, 0.15) is 22.3 Å². The number of rotatable bonds is 6. The van der Waals surface area contributed by atoms with E-state index in [0.29, 0.717) is 11.4 Å². The molecule has 1 amide bonds. The fraction of sp³-hybridized carbons (Fsp3) is 0.0909. The van der Waals surface area contributed by atoms with E-state index in [0.717, 1.165) is 16.7 Å². The van der Waals surface area contributed by atoms with Crippen molar-refractivity contribution in [2.75, 3.05) is 5.32 Å². The Kier molecular flexibility index (Phi) is 5.89. The van der Waals surface area contributed by atoms with Gasteiger partial charge in [0.05, 0.1) is 11.3 Å². The predicted octanol–water partition coefficient (Wildman–Crippen LogP) is 5.28. The summed E-state index contributed by atoms with van der Waals surface area (Å²) >= 11 is 5.91. The number of halogens is 1. The number of nitrogens with one attached hydrogen (secondary N) is 1. The maximum absolute atomic E-state index is 12.3. The van der Waals surface area contributed by atoms with Gasteiger partial charge in [-0.1, -0.05) is 66.2 Å². The lowest BCUT2D eigenvalue weighted by Gasteiger charge is -2.10. The summed E-state index contributed by atoms with van der Waals surface area (Å²) in [6, 6.07) is 22.4. The van der Waals surface area contributed by atoms with Gasteiger partial charge in [0, 0.05) is 11.4 Å². The van der Waals surface area contributed by atoms with Gasteiger partial charge in [-0.05, 0) is 41.3 Å². The van der Waals surface area contributed by atoms with Crippen molar-refractivity contribution in [1.82, 2.24) is 0 Å². The molecule has 0 unspecified atom stereocenters. The smallest absolute Gasteiger partial charge is 0.337 e. The summed E-state index contributed by atoms with van der Waals surface area (Å²) in [7, 11) is 0. The number of carboxylic acids is 1. The largest absolute Gasteiger partial charge is 0.478 e. The summed E-state index contributed by atoms with van der Waals surface area (Å²) in [5, 5.41) is 12.2. The third kappa shape index (κ3) is 4.96. The summed E-state index contributed by atoms with van der Waals surface area (Å²) in [5.74, 6) is -1.37. The first-order valence-corrected chi connectivity index (χ1v) is 8.88. The molecule has 5 heteroatoms. The quantitative estimate of drug-likeness (QED) is 0.612. The molecule has 0 spiro atoms. The van der Waals surface area contributed by atoms with E-state index in [4.69, 9.17) is 11.6 Å². The van der Waals surface area contributed by atoms with Crippen LogP contribution in [0.15, 0.2) is 72.8 Å². The van der Waals surface area contributed by atoms with E-state index in [2.05, 4.69) is 11.4 Å². The molecule has 0 aliphatic rings. The second-order valence-electron chi connectivity index (χ2n) is 6.11. The predicted molar refractivity (Wildman–Crippen MR) is 107 cm³/mol. The molecule has 0 aliphatic heterocycles. The number of carboxylic acid groups (broad SMARTS) is 1. The van der Waals surface area contributed by atoms with Crippen LogP contribution in [0.5, 0.6) is 0 Å². The van der Waals surface area contributed by atoms with Gasteiger partial charge in [-0.25, -0.2) is 4.79 Å². The molecule has 3 rings (SSSR count). The van der Waals surface area contributed by atoms with E-state index in [1.165, 1.54) is 18.2 Å². The van der Waals surface area contributed by atoms with Crippen LogP contribution in [-0.2, 0) is 11.2 Å². The molecule has 3 aromatic carbocycles. The van der Waals surface area contributed by atoms with Crippen LogP contribution in [0.3, 0.4) is 0 Å². The van der Waals surface area contributed by atoms with Crippen LogP contribution in [0.2, 0.25) is 5.02 Å². The number of carbonyl (C=O) groups excluding carboxylic acids is 1. The zero-order valence-corrected chi connectivity index (χ0v) is 15.2. The maximum atomic E-state index is 12.3. The Balaban J connectivity index is 1.67. The van der Waals surface area contributed by atoms with E-state index in [1.54, 1.807) is 0 Å². The minimum Gasteiger partial charge on any atom is -0.478 e. The van der Waals surface area contributed by atoms with Gasteiger partial charge in [-0.3, -0.25) is 4.79 Å². The molecule has 0 radical (unpaired) electrons. The van der Waals surface area contributed by atoms with Gasteiger partial charge in [0.2, 0.25) is 5.91 Å². The Bertz CT molecular complexity index is 970. The SMILES string of the molecule is O=C(CCc1cccc(-c2ccccc2)c1)Nc1cc(Cl)ccc1C(=O)O. The number of aryl methyl sites for hydroxylation is 1. The molecular formula is C22H18ClNO3. The van der Waals surface area contributed by atoms with Gasteiger partial charge in [0.25, 0.3) is 0 Å². The van der Waals surface area contributed by atoms with Gasteiger partial charge >= 0.3 is 5.97 Å². The summed E-state index contributed by atoms with van der Waals surface area (Å²) in [5.41, 5.74) is 3.47. The third-order valence-corrected chi connectivity index (χ3v) is 4.40. The number of hydrogen-bond acceptors (Lipinski definition) is 2. The van der Waals surface area contributed by atoms with E-state index in [-0.39, 0.29) is 23.6 Å². The molecular weight excluding hydrogens is 362 g/mol. The van der Waals surface area contributed by atoms with Crippen molar-refractivity contribution < 1.29 is 14.7 Å². The fourth-order valence-corrected chi connectivity index (χ4v) is 2.99. The molecule has 4 nitrogen and oxygen atoms in total. The number of anilines is 1. The van der Waals surface area contributed by atoms with Gasteiger partial charge in [-0.2, -0.15) is 0 Å². The Hall–Kier alpha value is -3.11. The van der Waals surface area contributed by atoms with E-state index in [9.17, 15) is 14.7 Å². The summed E-state index contributed by atoms with van der Waals surface area (Å²) < 4.78 is 0. The molecule has 0 saturated carbocycles. The van der Waals surface area contributed by atoms with Gasteiger partial charge in [0.1, 0.15) is 0 Å². The van der Waals surface area contributed by atoms with Crippen molar-refractivity contribution >= 4 is 29.2 Å². The Morgan fingerprint density at radius 1 is 0.889 bits per heavy atom. The second kappa shape index (κ2) is 8.52. The van der Waals surface area contributed by atoms with E-state index in [1.807, 2.05) is 48.5 Å². The Morgan fingerprint density at radius 3 is 2.37 bits per heavy atom. The minimum absolute atomic E-state index is 0.0128. The highest BCUT2D eigenvalue weighted by molar-refractivity contribution is 6.31. The molecule has 136 valence electrons. The maximum Gasteiger partial charge on any atom is 0.337 e. The van der Waals surface area contributed by atoms with Gasteiger partial charge < -0.3 is 10.4 Å². The molecule has 0 heterocycles. The first kappa shape index (κ1) is 18.7. The van der Waals surface area contributed by atoms with E-state index < -0.39 is 5.97 Å². The van der Waals surface area contributed by atoms with Crippen LogP contribution in [0.25, 0.3) is 11.1 Å². The van der Waals surface area contributed by atoms with Crippen LogP contribution >= 0.6 is 11.6 Å². The summed E-state index contributed by atoms with van der Waals surface area (Å²) in [4.78, 5) is 23.6. The fourth-order valence-electron chi connectivity index (χ4n) is 2.81. The first-order valence-electron chi connectivity index (χ1n) is 8.50. The normalized spacial score (nSPS) is 10.4. The topological polar surface area (TPSA) is 66.4 Å². The summed E-state index contributed by atoms with van der Waals surface area (Å²) in [6.45, 7) is 0. The monoisotopic (exact) mass is 379 g/mol. The molecule has 0 fully saturated rings. The first-order chi connectivity index (χ1) is 13.0. The summed E-state index contributed by atoms with van der Waals surface area (Å²) in [6.07, 6.45) is 0.791. The van der Waals surface area contributed by atoms with Crippen molar-refractivity contribution in [2.45, 2.75) is 12.8 Å². The van der Waals surface area contributed by atoms with Crippen LogP contribution in [0.4, 0.5) is 5.69 Å². The number of aromatic carboxylic acids is 1. The highest BCUT2D eigenvalue weighted by Crippen LogP contribution is 2.23. The zero-order chi connectivity index (χ0) is 19.2. The number of hydrogen-bond donors (Lipinski definition) is 2. The van der Waals surface area contributed by atoms with Crippen molar-refractivity contribution in [3.63, 3.8) is 0 Å². The minimum atomic E-state index is -1.11. The van der Waals surface area contributed by atoms with Crippen molar-refractivity contribution in [3.8, 4) is 11.1 Å². The molecule has 0 aromatic heterocycles. The van der Waals surface area contributed by atoms with Crippen molar-refractivity contribution in [3.05, 3.63) is 88.9 Å². The Labute approximate surface area is 162 Å². The molecule has 27 heavy (non-hydrogen) atoms. The van der Waals surface area contributed by atoms with Crippen molar-refractivity contribution in [1.29, 1.82) is 0 Å². The molecule has 3 aromatic rings. The Morgan fingerprint density at radius 2 is 1.63 bits per heavy atom. The van der Waals surface area contributed by atoms with Crippen LogP contribution in [0, 0.1) is 0 Å².